The molecule has 13 aromatic rings. The first kappa shape index (κ1) is 33.2. The van der Waals surface area contributed by atoms with Crippen LogP contribution in [-0.2, 0) is 0 Å². The smallest absolute Gasteiger partial charge is 0.00206 e. The van der Waals surface area contributed by atoms with Gasteiger partial charge in [0.15, 0.2) is 0 Å². The molecular weight excluding hydrogens is 721 g/mol. The van der Waals surface area contributed by atoms with Crippen LogP contribution in [0.25, 0.3) is 131 Å². The molecule has 0 amide bonds. The van der Waals surface area contributed by atoms with Crippen molar-refractivity contribution in [3.8, 4) is 55.6 Å². The summed E-state index contributed by atoms with van der Waals surface area (Å²) in [5.41, 5.74) is 12.3. The molecule has 0 radical (unpaired) electrons. The van der Waals surface area contributed by atoms with E-state index in [1.54, 1.807) is 0 Å². The highest BCUT2D eigenvalue weighted by molar-refractivity contribution is 6.26. The third-order valence-electron chi connectivity index (χ3n) is 13.1. The minimum atomic E-state index is 1.20. The summed E-state index contributed by atoms with van der Waals surface area (Å²) in [7, 11) is 0. The first-order valence-electron chi connectivity index (χ1n) is 20.9. The van der Waals surface area contributed by atoms with Crippen LogP contribution in [0.15, 0.2) is 218 Å². The van der Waals surface area contributed by atoms with Crippen LogP contribution in [0.3, 0.4) is 0 Å². The van der Waals surface area contributed by atoms with E-state index in [1.165, 1.54) is 131 Å². The van der Waals surface area contributed by atoms with E-state index in [0.717, 1.165) is 0 Å². The first-order chi connectivity index (χ1) is 29.7. The number of hydrogen-bond donors (Lipinski definition) is 0. The van der Waals surface area contributed by atoms with Crippen molar-refractivity contribution in [2.24, 2.45) is 0 Å². The predicted octanol–water partition coefficient (Wildman–Crippen LogP) is 17.0. The fourth-order valence-corrected chi connectivity index (χ4v) is 10.4. The molecule has 0 spiro atoms. The fraction of sp³-hybridized carbons (Fsp3) is 0. The molecule has 0 fully saturated rings. The van der Waals surface area contributed by atoms with Gasteiger partial charge in [-0.2, -0.15) is 0 Å². The molecule has 0 unspecified atom stereocenters. The molecule has 0 N–H and O–H groups in total. The molecule has 13 rings (SSSR count). The highest BCUT2D eigenvalue weighted by Gasteiger charge is 2.17. The second-order valence-corrected chi connectivity index (χ2v) is 16.4. The lowest BCUT2D eigenvalue weighted by Gasteiger charge is -2.17. The molecule has 0 saturated heterocycles. The zero-order valence-electron chi connectivity index (χ0n) is 32.8. The highest BCUT2D eigenvalue weighted by atomic mass is 14.2. The standard InChI is InChI=1S/C60H36/c1-2-18-49-37(8-1)9-7-19-53(49)56-36-45(44-14-5-15-46(34-44)50-29-24-42-22-20-38-10-3-12-40-26-32-54(50)59(42)57(38)40)28-31-52(56)48-17-6-16-47(35-48)51-30-25-43-23-21-39-11-4-13-41-27-33-55(51)60(43)58(39)41/h1-36H. The van der Waals surface area contributed by atoms with Gasteiger partial charge in [0, 0.05) is 0 Å². The predicted molar refractivity (Wildman–Crippen MR) is 259 cm³/mol. The van der Waals surface area contributed by atoms with Gasteiger partial charge >= 0.3 is 0 Å². The van der Waals surface area contributed by atoms with Crippen LogP contribution >= 0.6 is 0 Å². The quantitative estimate of drug-likeness (QED) is 0.153. The molecule has 0 saturated carbocycles. The number of benzene rings is 13. The number of rotatable bonds is 5. The third-order valence-corrected chi connectivity index (χ3v) is 13.1. The molecule has 0 atom stereocenters. The molecule has 0 nitrogen and oxygen atoms in total. The Morgan fingerprint density at radius 2 is 0.567 bits per heavy atom. The van der Waals surface area contributed by atoms with Gasteiger partial charge in [-0.05, 0) is 149 Å². The molecule has 0 aromatic heterocycles. The van der Waals surface area contributed by atoms with Crippen molar-refractivity contribution in [2.45, 2.75) is 0 Å². The van der Waals surface area contributed by atoms with E-state index in [2.05, 4.69) is 218 Å². The first-order valence-corrected chi connectivity index (χ1v) is 20.9. The Morgan fingerprint density at radius 1 is 0.167 bits per heavy atom. The summed E-state index contributed by atoms with van der Waals surface area (Å²) >= 11 is 0. The van der Waals surface area contributed by atoms with E-state index < -0.39 is 0 Å². The Balaban J connectivity index is 0.979. The van der Waals surface area contributed by atoms with Gasteiger partial charge in [0.25, 0.3) is 0 Å². The maximum atomic E-state index is 2.42. The van der Waals surface area contributed by atoms with Gasteiger partial charge < -0.3 is 0 Å². The molecule has 60 heavy (non-hydrogen) atoms. The van der Waals surface area contributed by atoms with E-state index >= 15 is 0 Å². The van der Waals surface area contributed by atoms with Gasteiger partial charge in [-0.3, -0.25) is 0 Å². The van der Waals surface area contributed by atoms with Crippen LogP contribution in [0.1, 0.15) is 0 Å². The Bertz CT molecular complexity index is 3790. The van der Waals surface area contributed by atoms with Crippen LogP contribution in [0.4, 0.5) is 0 Å². The Kier molecular flexibility index (Phi) is 7.11. The van der Waals surface area contributed by atoms with E-state index in [9.17, 15) is 0 Å². The van der Waals surface area contributed by atoms with E-state index in [-0.39, 0.29) is 0 Å². The Hall–Kier alpha value is -7.80. The van der Waals surface area contributed by atoms with Gasteiger partial charge in [-0.1, -0.05) is 200 Å². The second kappa shape index (κ2) is 12.9. The summed E-state index contributed by atoms with van der Waals surface area (Å²) in [5.74, 6) is 0. The van der Waals surface area contributed by atoms with Gasteiger partial charge in [0.1, 0.15) is 0 Å². The zero-order valence-corrected chi connectivity index (χ0v) is 32.8. The summed E-state index contributed by atoms with van der Waals surface area (Å²) in [5, 5.41) is 18.2. The molecule has 0 aliphatic rings. The van der Waals surface area contributed by atoms with Gasteiger partial charge in [-0.25, -0.2) is 0 Å². The van der Waals surface area contributed by atoms with Gasteiger partial charge in [0.05, 0.1) is 0 Å². The summed E-state index contributed by atoms with van der Waals surface area (Å²) in [6.45, 7) is 0. The van der Waals surface area contributed by atoms with Gasteiger partial charge in [-0.15, -0.1) is 0 Å². The maximum Gasteiger partial charge on any atom is -0.00206 e. The fourth-order valence-electron chi connectivity index (χ4n) is 10.4. The normalized spacial score (nSPS) is 12.0. The van der Waals surface area contributed by atoms with E-state index in [0.29, 0.717) is 0 Å². The summed E-state index contributed by atoms with van der Waals surface area (Å²) in [6, 6.07) is 81.5. The van der Waals surface area contributed by atoms with E-state index in [4.69, 9.17) is 0 Å². The lowest BCUT2D eigenvalue weighted by molar-refractivity contribution is 1.57. The van der Waals surface area contributed by atoms with Crippen molar-refractivity contribution in [1.82, 2.24) is 0 Å². The van der Waals surface area contributed by atoms with Crippen molar-refractivity contribution in [3.05, 3.63) is 218 Å². The molecule has 0 heterocycles. The van der Waals surface area contributed by atoms with Crippen LogP contribution in [0.2, 0.25) is 0 Å². The van der Waals surface area contributed by atoms with Gasteiger partial charge in [0.2, 0.25) is 0 Å². The third kappa shape index (κ3) is 4.98. The van der Waals surface area contributed by atoms with E-state index in [1.807, 2.05) is 0 Å². The molecule has 0 aliphatic carbocycles. The lowest BCUT2D eigenvalue weighted by atomic mass is 9.86. The highest BCUT2D eigenvalue weighted by Crippen LogP contribution is 2.44. The molecular formula is C60H36. The van der Waals surface area contributed by atoms with Crippen LogP contribution in [-0.4, -0.2) is 0 Å². The SMILES string of the molecule is c1cc(-c2ccc(-c3cccc(-c4ccc5ccc6cccc7ccc4c5c67)c3)c(-c3cccc4ccccc34)c2)cc(-c2ccc3ccc4cccc5ccc2c3c45)c1. The molecule has 0 aliphatic heterocycles. The summed E-state index contributed by atoms with van der Waals surface area (Å²) in [6.07, 6.45) is 0. The number of hydrogen-bond acceptors (Lipinski definition) is 0. The summed E-state index contributed by atoms with van der Waals surface area (Å²) < 4.78 is 0. The summed E-state index contributed by atoms with van der Waals surface area (Å²) in [4.78, 5) is 0. The average Bonchev–Trinajstić information content (AvgIpc) is 3.32. The largest absolute Gasteiger partial charge is 0.0616 e. The monoisotopic (exact) mass is 756 g/mol. The van der Waals surface area contributed by atoms with Crippen LogP contribution < -0.4 is 0 Å². The second-order valence-electron chi connectivity index (χ2n) is 16.4. The average molecular weight is 757 g/mol. The minimum absolute atomic E-state index is 1.20. The van der Waals surface area contributed by atoms with Crippen molar-refractivity contribution >= 4 is 75.4 Å². The van der Waals surface area contributed by atoms with Crippen molar-refractivity contribution in [1.29, 1.82) is 0 Å². The minimum Gasteiger partial charge on any atom is -0.0616 e. The molecule has 276 valence electrons. The number of fused-ring (bicyclic) bond motifs is 1. The van der Waals surface area contributed by atoms with Crippen LogP contribution in [0, 0.1) is 0 Å². The van der Waals surface area contributed by atoms with Crippen molar-refractivity contribution < 1.29 is 0 Å². The Labute approximate surface area is 347 Å². The topological polar surface area (TPSA) is 0 Å². The Morgan fingerprint density at radius 3 is 1.18 bits per heavy atom. The molecule has 13 aromatic carbocycles. The van der Waals surface area contributed by atoms with Crippen molar-refractivity contribution in [3.63, 3.8) is 0 Å². The molecule has 0 bridgehead atoms. The molecule has 0 heteroatoms. The zero-order chi connectivity index (χ0) is 39.3. The lowest BCUT2D eigenvalue weighted by Crippen LogP contribution is -1.91. The van der Waals surface area contributed by atoms with Crippen molar-refractivity contribution in [2.75, 3.05) is 0 Å². The maximum absolute atomic E-state index is 2.42. The van der Waals surface area contributed by atoms with Crippen LogP contribution in [0.5, 0.6) is 0 Å².